The lowest BCUT2D eigenvalue weighted by atomic mass is 10.1. The van der Waals surface area contributed by atoms with Crippen LogP contribution in [0.15, 0.2) is 42.5 Å². The van der Waals surface area contributed by atoms with Gasteiger partial charge in [-0.05, 0) is 42.5 Å². The lowest BCUT2D eigenvalue weighted by Gasteiger charge is -2.11. The van der Waals surface area contributed by atoms with Crippen molar-refractivity contribution in [1.82, 2.24) is 4.90 Å². The number of nitrogens with one attached hydrogen (secondary N) is 1. The molecule has 0 aliphatic heterocycles. The highest BCUT2D eigenvalue weighted by Crippen LogP contribution is 2.17. The number of hydrogen-bond donors (Lipinski definition) is 1. The highest BCUT2D eigenvalue weighted by atomic mass is 35.5. The zero-order valence-electron chi connectivity index (χ0n) is 12.1. The Kier molecular flexibility index (Phi) is 4.78. The molecule has 0 unspecified atom stereocenters. The summed E-state index contributed by atoms with van der Waals surface area (Å²) in [6, 6.07) is 10.1. The van der Waals surface area contributed by atoms with Gasteiger partial charge in [0.25, 0.3) is 11.8 Å². The van der Waals surface area contributed by atoms with E-state index in [4.69, 9.17) is 11.6 Å². The summed E-state index contributed by atoms with van der Waals surface area (Å²) in [7, 11) is 3.31. The number of benzene rings is 2. The molecule has 0 saturated carbocycles. The molecule has 0 bridgehead atoms. The molecule has 2 aromatic rings. The molecule has 0 fully saturated rings. The third kappa shape index (κ3) is 3.62. The fraction of sp³-hybridized carbons (Fsp3) is 0.125. The molecular formula is C16H14ClFN2O2. The number of rotatable bonds is 3. The van der Waals surface area contributed by atoms with Crippen molar-refractivity contribution in [2.45, 2.75) is 0 Å². The number of halogens is 2. The van der Waals surface area contributed by atoms with Crippen LogP contribution < -0.4 is 5.32 Å². The van der Waals surface area contributed by atoms with Crippen molar-refractivity contribution in [1.29, 1.82) is 0 Å². The van der Waals surface area contributed by atoms with E-state index in [0.717, 1.165) is 6.07 Å². The van der Waals surface area contributed by atoms with Gasteiger partial charge in [-0.3, -0.25) is 9.59 Å². The molecule has 1 N–H and O–H groups in total. The van der Waals surface area contributed by atoms with Crippen molar-refractivity contribution < 1.29 is 14.0 Å². The molecule has 0 saturated heterocycles. The second kappa shape index (κ2) is 6.58. The molecule has 2 rings (SSSR count). The topological polar surface area (TPSA) is 49.4 Å². The van der Waals surface area contributed by atoms with Crippen LogP contribution in [0.3, 0.4) is 0 Å². The maximum absolute atomic E-state index is 13.6. The molecule has 22 heavy (non-hydrogen) atoms. The Bertz CT molecular complexity index is 715. The average molecular weight is 321 g/mol. The Morgan fingerprint density at radius 1 is 1.09 bits per heavy atom. The fourth-order valence-electron chi connectivity index (χ4n) is 1.82. The average Bonchev–Trinajstić information content (AvgIpc) is 2.49. The number of anilines is 1. The molecule has 0 aromatic heterocycles. The van der Waals surface area contributed by atoms with Crippen LogP contribution in [0.2, 0.25) is 5.02 Å². The van der Waals surface area contributed by atoms with Gasteiger partial charge in [0.05, 0.1) is 5.56 Å². The minimum absolute atomic E-state index is 0.138. The van der Waals surface area contributed by atoms with Gasteiger partial charge in [-0.1, -0.05) is 11.6 Å². The standard InChI is InChI=1S/C16H14ClFN2O2/c1-20(2)16(22)10-3-6-12(7-4-10)19-15(21)13-9-11(17)5-8-14(13)18/h3-9H,1-2H3,(H,19,21). The molecule has 0 radical (unpaired) electrons. The van der Waals surface area contributed by atoms with Crippen LogP contribution in [-0.4, -0.2) is 30.8 Å². The first-order valence-electron chi connectivity index (χ1n) is 6.46. The van der Waals surface area contributed by atoms with Crippen LogP contribution in [-0.2, 0) is 0 Å². The van der Waals surface area contributed by atoms with Crippen molar-refractivity contribution in [3.63, 3.8) is 0 Å². The summed E-state index contributed by atoms with van der Waals surface area (Å²) in [5, 5.41) is 2.84. The van der Waals surface area contributed by atoms with E-state index >= 15 is 0 Å². The summed E-state index contributed by atoms with van der Waals surface area (Å²) in [4.78, 5) is 25.2. The zero-order chi connectivity index (χ0) is 16.3. The van der Waals surface area contributed by atoms with Crippen molar-refractivity contribution in [3.05, 3.63) is 64.4 Å². The van der Waals surface area contributed by atoms with Gasteiger partial charge in [-0.25, -0.2) is 4.39 Å². The Hall–Kier alpha value is -2.40. The molecule has 114 valence electrons. The van der Waals surface area contributed by atoms with E-state index in [2.05, 4.69) is 5.32 Å². The first-order valence-corrected chi connectivity index (χ1v) is 6.84. The zero-order valence-corrected chi connectivity index (χ0v) is 12.8. The minimum atomic E-state index is -0.652. The molecule has 0 heterocycles. The van der Waals surface area contributed by atoms with E-state index < -0.39 is 11.7 Å². The second-order valence-electron chi connectivity index (χ2n) is 4.86. The maximum atomic E-state index is 13.6. The van der Waals surface area contributed by atoms with Gasteiger partial charge in [0.15, 0.2) is 0 Å². The Morgan fingerprint density at radius 3 is 2.32 bits per heavy atom. The van der Waals surface area contributed by atoms with Gasteiger partial charge in [-0.15, -0.1) is 0 Å². The van der Waals surface area contributed by atoms with Gasteiger partial charge in [0.2, 0.25) is 0 Å². The van der Waals surface area contributed by atoms with E-state index in [-0.39, 0.29) is 16.5 Å². The minimum Gasteiger partial charge on any atom is -0.345 e. The summed E-state index contributed by atoms with van der Waals surface area (Å²) in [5.74, 6) is -1.40. The molecular weight excluding hydrogens is 307 g/mol. The summed E-state index contributed by atoms with van der Waals surface area (Å²) >= 11 is 5.76. The molecule has 2 aromatic carbocycles. The predicted octanol–water partition coefficient (Wildman–Crippen LogP) is 3.43. The van der Waals surface area contributed by atoms with Crippen LogP contribution in [0.5, 0.6) is 0 Å². The van der Waals surface area contributed by atoms with Crippen molar-refractivity contribution in [3.8, 4) is 0 Å². The highest BCUT2D eigenvalue weighted by Gasteiger charge is 2.13. The number of carbonyl (C=O) groups excluding carboxylic acids is 2. The molecule has 0 spiro atoms. The lowest BCUT2D eigenvalue weighted by molar-refractivity contribution is 0.0827. The fourth-order valence-corrected chi connectivity index (χ4v) is 2.00. The summed E-state index contributed by atoms with van der Waals surface area (Å²) in [6.07, 6.45) is 0. The van der Waals surface area contributed by atoms with Crippen molar-refractivity contribution >= 4 is 29.1 Å². The molecule has 2 amide bonds. The van der Waals surface area contributed by atoms with Gasteiger partial charge in [0.1, 0.15) is 5.82 Å². The van der Waals surface area contributed by atoms with E-state index in [0.29, 0.717) is 11.3 Å². The van der Waals surface area contributed by atoms with Crippen LogP contribution >= 0.6 is 11.6 Å². The summed E-state index contributed by atoms with van der Waals surface area (Å²) in [6.45, 7) is 0. The number of nitrogens with zero attached hydrogens (tertiary/aromatic N) is 1. The van der Waals surface area contributed by atoms with Crippen molar-refractivity contribution in [2.24, 2.45) is 0 Å². The van der Waals surface area contributed by atoms with Gasteiger partial charge in [-0.2, -0.15) is 0 Å². The normalized spacial score (nSPS) is 10.2. The molecule has 0 aliphatic carbocycles. The van der Waals surface area contributed by atoms with E-state index in [1.807, 2.05) is 0 Å². The van der Waals surface area contributed by atoms with E-state index in [9.17, 15) is 14.0 Å². The smallest absolute Gasteiger partial charge is 0.258 e. The molecule has 0 atom stereocenters. The van der Waals surface area contributed by atoms with Crippen LogP contribution in [0.4, 0.5) is 10.1 Å². The van der Waals surface area contributed by atoms with Crippen LogP contribution in [0, 0.1) is 5.82 Å². The summed E-state index contributed by atoms with van der Waals surface area (Å²) in [5.41, 5.74) is 0.817. The number of amides is 2. The Balaban J connectivity index is 2.15. The van der Waals surface area contributed by atoms with E-state index in [1.54, 1.807) is 38.4 Å². The quantitative estimate of drug-likeness (QED) is 0.942. The third-order valence-electron chi connectivity index (χ3n) is 2.97. The molecule has 4 nitrogen and oxygen atoms in total. The van der Waals surface area contributed by atoms with Crippen LogP contribution in [0.25, 0.3) is 0 Å². The highest BCUT2D eigenvalue weighted by molar-refractivity contribution is 6.31. The monoisotopic (exact) mass is 320 g/mol. The first kappa shape index (κ1) is 16.0. The second-order valence-corrected chi connectivity index (χ2v) is 5.29. The van der Waals surface area contributed by atoms with Crippen LogP contribution in [0.1, 0.15) is 20.7 Å². The molecule has 6 heteroatoms. The SMILES string of the molecule is CN(C)C(=O)c1ccc(NC(=O)c2cc(Cl)ccc2F)cc1. The third-order valence-corrected chi connectivity index (χ3v) is 3.20. The Morgan fingerprint density at radius 2 is 1.73 bits per heavy atom. The molecule has 0 aliphatic rings. The van der Waals surface area contributed by atoms with Gasteiger partial charge in [0, 0.05) is 30.4 Å². The number of carbonyl (C=O) groups is 2. The Labute approximate surface area is 132 Å². The number of hydrogen-bond acceptors (Lipinski definition) is 2. The maximum Gasteiger partial charge on any atom is 0.258 e. The lowest BCUT2D eigenvalue weighted by Crippen LogP contribution is -2.21. The summed E-state index contributed by atoms with van der Waals surface area (Å²) < 4.78 is 13.6. The largest absolute Gasteiger partial charge is 0.345 e. The first-order chi connectivity index (χ1) is 10.4. The van der Waals surface area contributed by atoms with Crippen molar-refractivity contribution in [2.75, 3.05) is 19.4 Å². The van der Waals surface area contributed by atoms with E-state index in [1.165, 1.54) is 17.0 Å². The van der Waals surface area contributed by atoms with Gasteiger partial charge >= 0.3 is 0 Å². The van der Waals surface area contributed by atoms with Gasteiger partial charge < -0.3 is 10.2 Å². The predicted molar refractivity (Wildman–Crippen MR) is 83.8 cm³/mol.